The number of ether oxygens (including phenoxy) is 1. The maximum atomic E-state index is 11.6. The van der Waals surface area contributed by atoms with Crippen molar-refractivity contribution in [2.75, 3.05) is 11.9 Å². The number of nitrogens with one attached hydrogen (secondary N) is 1. The minimum atomic E-state index is -0.749. The molecule has 0 saturated carbocycles. The van der Waals surface area contributed by atoms with Crippen molar-refractivity contribution in [1.82, 2.24) is 0 Å². The number of rotatable bonds is 4. The molecule has 0 bridgehead atoms. The van der Waals surface area contributed by atoms with Crippen molar-refractivity contribution in [2.24, 2.45) is 0 Å². The molecule has 0 radical (unpaired) electrons. The van der Waals surface area contributed by atoms with Gasteiger partial charge < -0.3 is 15.2 Å². The average molecular weight is 270 g/mol. The van der Waals surface area contributed by atoms with Gasteiger partial charge in [-0.1, -0.05) is 18.2 Å². The Morgan fingerprint density at radius 3 is 2.72 bits per heavy atom. The van der Waals surface area contributed by atoms with E-state index in [0.29, 0.717) is 5.69 Å². The number of esters is 1. The van der Waals surface area contributed by atoms with E-state index in [9.17, 15) is 14.7 Å². The summed E-state index contributed by atoms with van der Waals surface area (Å²) in [4.78, 5) is 22.5. The van der Waals surface area contributed by atoms with Gasteiger partial charge in [-0.15, -0.1) is 0 Å². The first-order valence-electron chi connectivity index (χ1n) is 5.01. The Morgan fingerprint density at radius 2 is 2.17 bits per heavy atom. The molecule has 2 N–H and O–H groups in total. The number of phenolic OH excluding ortho intramolecular Hbond substituents is 1. The van der Waals surface area contributed by atoms with E-state index in [-0.39, 0.29) is 28.9 Å². The number of hydrogen-bond donors (Lipinski definition) is 2. The summed E-state index contributed by atoms with van der Waals surface area (Å²) < 4.78 is 4.79. The van der Waals surface area contributed by atoms with Gasteiger partial charge in [0, 0.05) is 17.6 Å². The standard InChI is InChI=1S/C12H12ClNO4/c1-7(13)6-18-12(17)10-5-9(14-8(2)15)3-4-11(10)16/h3-5,16H,1,6H2,2H3,(H,14,15). The molecule has 0 aliphatic rings. The number of amides is 1. The zero-order valence-electron chi connectivity index (χ0n) is 9.70. The zero-order valence-corrected chi connectivity index (χ0v) is 10.5. The van der Waals surface area contributed by atoms with E-state index in [1.165, 1.54) is 25.1 Å². The number of anilines is 1. The predicted molar refractivity (Wildman–Crippen MR) is 67.7 cm³/mol. The number of phenols is 1. The van der Waals surface area contributed by atoms with Crippen LogP contribution in [0.25, 0.3) is 0 Å². The van der Waals surface area contributed by atoms with E-state index in [2.05, 4.69) is 11.9 Å². The molecule has 18 heavy (non-hydrogen) atoms. The van der Waals surface area contributed by atoms with E-state index in [0.717, 1.165) is 0 Å². The second-order valence-electron chi connectivity index (χ2n) is 3.51. The monoisotopic (exact) mass is 269 g/mol. The van der Waals surface area contributed by atoms with Crippen molar-refractivity contribution in [1.29, 1.82) is 0 Å². The van der Waals surface area contributed by atoms with Crippen molar-refractivity contribution in [3.63, 3.8) is 0 Å². The first-order valence-corrected chi connectivity index (χ1v) is 5.39. The summed E-state index contributed by atoms with van der Waals surface area (Å²) in [5.74, 6) is -1.27. The van der Waals surface area contributed by atoms with Crippen LogP contribution in [0.2, 0.25) is 0 Å². The van der Waals surface area contributed by atoms with Gasteiger partial charge in [0.2, 0.25) is 5.91 Å². The Labute approximate surface area is 109 Å². The third-order valence-electron chi connectivity index (χ3n) is 1.90. The van der Waals surface area contributed by atoms with E-state index in [4.69, 9.17) is 16.3 Å². The number of aromatic hydroxyl groups is 1. The number of benzene rings is 1. The lowest BCUT2D eigenvalue weighted by atomic mass is 10.2. The molecule has 0 aliphatic carbocycles. The summed E-state index contributed by atoms with van der Waals surface area (Å²) in [6.07, 6.45) is 0. The SMILES string of the molecule is C=C(Cl)COC(=O)c1cc(NC(C)=O)ccc1O. The zero-order chi connectivity index (χ0) is 13.7. The molecule has 0 fully saturated rings. The summed E-state index contributed by atoms with van der Waals surface area (Å²) >= 11 is 5.46. The molecule has 0 saturated heterocycles. The van der Waals surface area contributed by atoms with Crippen LogP contribution >= 0.6 is 11.6 Å². The van der Waals surface area contributed by atoms with Gasteiger partial charge in [0.25, 0.3) is 0 Å². The summed E-state index contributed by atoms with van der Waals surface area (Å²) in [6.45, 7) is 4.56. The minimum absolute atomic E-state index is 0.0563. The van der Waals surface area contributed by atoms with Crippen LogP contribution in [0.5, 0.6) is 5.75 Å². The Morgan fingerprint density at radius 1 is 1.50 bits per heavy atom. The van der Waals surface area contributed by atoms with E-state index >= 15 is 0 Å². The Balaban J connectivity index is 2.89. The fourth-order valence-corrected chi connectivity index (χ4v) is 1.26. The van der Waals surface area contributed by atoms with Crippen LogP contribution in [0, 0.1) is 0 Å². The molecule has 0 unspecified atom stereocenters. The van der Waals surface area contributed by atoms with Gasteiger partial charge in [0.15, 0.2) is 0 Å². The third kappa shape index (κ3) is 4.10. The molecule has 1 amide bonds. The van der Waals surface area contributed by atoms with Gasteiger partial charge in [0.05, 0.1) is 0 Å². The molecule has 0 aliphatic heterocycles. The average Bonchev–Trinajstić information content (AvgIpc) is 2.28. The fraction of sp³-hybridized carbons (Fsp3) is 0.167. The van der Waals surface area contributed by atoms with Crippen LogP contribution in [0.4, 0.5) is 5.69 Å². The number of carbonyl (C=O) groups excluding carboxylic acids is 2. The highest BCUT2D eigenvalue weighted by atomic mass is 35.5. The fourth-order valence-electron chi connectivity index (χ4n) is 1.20. The van der Waals surface area contributed by atoms with Crippen molar-refractivity contribution in [3.8, 4) is 5.75 Å². The normalized spacial score (nSPS) is 9.67. The minimum Gasteiger partial charge on any atom is -0.507 e. The van der Waals surface area contributed by atoms with Crippen LogP contribution < -0.4 is 5.32 Å². The molecular weight excluding hydrogens is 258 g/mol. The quantitative estimate of drug-likeness (QED) is 0.649. The van der Waals surface area contributed by atoms with E-state index < -0.39 is 5.97 Å². The lowest BCUT2D eigenvalue weighted by Crippen LogP contribution is -2.09. The van der Waals surface area contributed by atoms with E-state index in [1.807, 2.05) is 0 Å². The topological polar surface area (TPSA) is 75.6 Å². The molecule has 1 rings (SSSR count). The second kappa shape index (κ2) is 6.07. The van der Waals surface area contributed by atoms with Crippen LogP contribution in [0.15, 0.2) is 29.8 Å². The van der Waals surface area contributed by atoms with Crippen LogP contribution in [0.1, 0.15) is 17.3 Å². The number of hydrogen-bond acceptors (Lipinski definition) is 4. The number of carbonyl (C=O) groups is 2. The molecular formula is C12H12ClNO4. The van der Waals surface area contributed by atoms with E-state index in [1.54, 1.807) is 0 Å². The smallest absolute Gasteiger partial charge is 0.342 e. The van der Waals surface area contributed by atoms with Gasteiger partial charge in [-0.2, -0.15) is 0 Å². The van der Waals surface area contributed by atoms with Gasteiger partial charge in [-0.25, -0.2) is 4.79 Å². The number of halogens is 1. The molecule has 0 aromatic heterocycles. The second-order valence-corrected chi connectivity index (χ2v) is 4.04. The molecule has 0 heterocycles. The lowest BCUT2D eigenvalue weighted by Gasteiger charge is -2.08. The highest BCUT2D eigenvalue weighted by molar-refractivity contribution is 6.29. The molecule has 6 heteroatoms. The summed E-state index contributed by atoms with van der Waals surface area (Å²) in [5.41, 5.74) is 0.330. The largest absolute Gasteiger partial charge is 0.507 e. The summed E-state index contributed by atoms with van der Waals surface area (Å²) in [5, 5.41) is 12.2. The maximum absolute atomic E-state index is 11.6. The first-order chi connectivity index (χ1) is 8.40. The molecule has 1 aromatic rings. The highest BCUT2D eigenvalue weighted by Gasteiger charge is 2.14. The van der Waals surface area contributed by atoms with Crippen molar-refractivity contribution in [2.45, 2.75) is 6.92 Å². The Bertz CT molecular complexity index is 499. The summed E-state index contributed by atoms with van der Waals surface area (Å²) in [6, 6.07) is 4.07. The third-order valence-corrected chi connectivity index (χ3v) is 2.01. The van der Waals surface area contributed by atoms with Crippen molar-refractivity contribution >= 4 is 29.2 Å². The van der Waals surface area contributed by atoms with Crippen LogP contribution in [-0.2, 0) is 9.53 Å². The summed E-state index contributed by atoms with van der Waals surface area (Å²) in [7, 11) is 0. The molecule has 0 atom stereocenters. The molecule has 5 nitrogen and oxygen atoms in total. The Kier molecular flexibility index (Phi) is 4.74. The molecule has 0 spiro atoms. The van der Waals surface area contributed by atoms with Crippen LogP contribution in [-0.4, -0.2) is 23.6 Å². The molecule has 1 aromatic carbocycles. The maximum Gasteiger partial charge on any atom is 0.342 e. The lowest BCUT2D eigenvalue weighted by molar-refractivity contribution is -0.114. The highest BCUT2D eigenvalue weighted by Crippen LogP contribution is 2.22. The first kappa shape index (κ1) is 14.1. The van der Waals surface area contributed by atoms with Gasteiger partial charge in [-0.3, -0.25) is 4.79 Å². The molecule has 96 valence electrons. The van der Waals surface area contributed by atoms with Gasteiger partial charge in [-0.05, 0) is 18.2 Å². The predicted octanol–water partition coefficient (Wildman–Crippen LogP) is 2.26. The van der Waals surface area contributed by atoms with Crippen molar-refractivity contribution < 1.29 is 19.4 Å². The van der Waals surface area contributed by atoms with Gasteiger partial charge in [0.1, 0.15) is 17.9 Å². The van der Waals surface area contributed by atoms with Crippen LogP contribution in [0.3, 0.4) is 0 Å². The van der Waals surface area contributed by atoms with Gasteiger partial charge >= 0.3 is 5.97 Å². The van der Waals surface area contributed by atoms with Crippen molar-refractivity contribution in [3.05, 3.63) is 35.4 Å². The Hall–Kier alpha value is -2.01.